The van der Waals surface area contributed by atoms with Crippen LogP contribution >= 0.6 is 11.8 Å². The molecule has 19 heavy (non-hydrogen) atoms. The lowest BCUT2D eigenvalue weighted by atomic mass is 9.79. The molecule has 2 fully saturated rings. The van der Waals surface area contributed by atoms with Crippen LogP contribution in [0.5, 0.6) is 0 Å². The maximum atomic E-state index is 11.2. The van der Waals surface area contributed by atoms with Gasteiger partial charge >= 0.3 is 5.97 Å². The lowest BCUT2D eigenvalue weighted by molar-refractivity contribution is -0.139. The van der Waals surface area contributed by atoms with E-state index in [1.807, 2.05) is 17.8 Å². The van der Waals surface area contributed by atoms with E-state index < -0.39 is 12.0 Å². The molecule has 0 amide bonds. The van der Waals surface area contributed by atoms with Crippen molar-refractivity contribution in [1.82, 2.24) is 5.32 Å². The maximum Gasteiger partial charge on any atom is 0.321 e. The first-order valence-corrected chi connectivity index (χ1v) is 7.89. The summed E-state index contributed by atoms with van der Waals surface area (Å²) in [6.45, 7) is 0. The van der Waals surface area contributed by atoms with E-state index in [0.717, 1.165) is 12.8 Å². The minimum atomic E-state index is -0.721. The van der Waals surface area contributed by atoms with Crippen molar-refractivity contribution in [2.24, 2.45) is 0 Å². The van der Waals surface area contributed by atoms with Gasteiger partial charge in [-0.05, 0) is 18.4 Å². The summed E-state index contributed by atoms with van der Waals surface area (Å²) < 4.78 is 0. The third kappa shape index (κ3) is 2.39. The Balaban J connectivity index is 1.88. The average molecular weight is 277 g/mol. The fourth-order valence-corrected chi connectivity index (χ4v) is 5.01. The highest BCUT2D eigenvalue weighted by Crippen LogP contribution is 2.50. The molecule has 1 saturated heterocycles. The van der Waals surface area contributed by atoms with Gasteiger partial charge in [0.05, 0.1) is 4.87 Å². The minimum absolute atomic E-state index is 0.0668. The van der Waals surface area contributed by atoms with Crippen LogP contribution in [0.4, 0.5) is 0 Å². The second-order valence-electron chi connectivity index (χ2n) is 5.44. The topological polar surface area (TPSA) is 49.3 Å². The molecule has 1 aliphatic carbocycles. The summed E-state index contributed by atoms with van der Waals surface area (Å²) in [4.78, 5) is 11.1. The van der Waals surface area contributed by atoms with Crippen LogP contribution in [-0.2, 0) is 4.79 Å². The van der Waals surface area contributed by atoms with Crippen molar-refractivity contribution < 1.29 is 9.90 Å². The van der Waals surface area contributed by atoms with Gasteiger partial charge in [0.2, 0.25) is 0 Å². The second-order valence-corrected chi connectivity index (χ2v) is 6.80. The average Bonchev–Trinajstić information content (AvgIpc) is 2.85. The zero-order valence-electron chi connectivity index (χ0n) is 10.8. The molecule has 1 spiro atoms. The SMILES string of the molecule is O=C(O)[C@H]1CSC2(CCCCC2c2ccccc2)N1. The molecule has 1 heterocycles. The normalized spacial score (nSPS) is 34.5. The van der Waals surface area contributed by atoms with Gasteiger partial charge in [-0.1, -0.05) is 43.2 Å². The molecule has 4 heteroatoms. The van der Waals surface area contributed by atoms with Gasteiger partial charge in [-0.2, -0.15) is 0 Å². The van der Waals surface area contributed by atoms with Crippen LogP contribution in [-0.4, -0.2) is 27.7 Å². The summed E-state index contributed by atoms with van der Waals surface area (Å²) in [5.41, 5.74) is 1.34. The lowest BCUT2D eigenvalue weighted by Gasteiger charge is -2.41. The number of hydrogen-bond donors (Lipinski definition) is 2. The number of aliphatic carboxylic acids is 1. The van der Waals surface area contributed by atoms with Crippen LogP contribution < -0.4 is 5.32 Å². The van der Waals surface area contributed by atoms with Crippen molar-refractivity contribution in [3.63, 3.8) is 0 Å². The van der Waals surface area contributed by atoms with Crippen molar-refractivity contribution in [3.05, 3.63) is 35.9 Å². The molecule has 2 N–H and O–H groups in total. The third-order valence-electron chi connectivity index (χ3n) is 4.28. The minimum Gasteiger partial charge on any atom is -0.480 e. The molecule has 0 radical (unpaired) electrons. The van der Waals surface area contributed by atoms with Crippen molar-refractivity contribution in [2.75, 3.05) is 5.75 Å². The number of thioether (sulfide) groups is 1. The van der Waals surface area contributed by atoms with Crippen molar-refractivity contribution in [2.45, 2.75) is 42.5 Å². The number of carboxylic acids is 1. The van der Waals surface area contributed by atoms with Crippen LogP contribution in [0.25, 0.3) is 0 Å². The number of hydrogen-bond acceptors (Lipinski definition) is 3. The summed E-state index contributed by atoms with van der Waals surface area (Å²) in [7, 11) is 0. The smallest absolute Gasteiger partial charge is 0.321 e. The molecular formula is C15H19NO2S. The lowest BCUT2D eigenvalue weighted by Crippen LogP contribution is -2.50. The fourth-order valence-electron chi connectivity index (χ4n) is 3.35. The summed E-state index contributed by atoms with van der Waals surface area (Å²) >= 11 is 1.81. The first kappa shape index (κ1) is 13.0. The molecule has 1 aliphatic heterocycles. The van der Waals surface area contributed by atoms with Gasteiger partial charge in [-0.15, -0.1) is 11.8 Å². The Kier molecular flexibility index (Phi) is 3.54. The number of carbonyl (C=O) groups is 1. The zero-order valence-corrected chi connectivity index (χ0v) is 11.7. The van der Waals surface area contributed by atoms with Gasteiger partial charge in [0.15, 0.2) is 0 Å². The van der Waals surface area contributed by atoms with E-state index in [2.05, 4.69) is 29.6 Å². The van der Waals surface area contributed by atoms with Crippen LogP contribution in [0.15, 0.2) is 30.3 Å². The van der Waals surface area contributed by atoms with Crippen LogP contribution in [0.2, 0.25) is 0 Å². The molecular weight excluding hydrogens is 258 g/mol. The molecule has 2 unspecified atom stereocenters. The van der Waals surface area contributed by atoms with Gasteiger partial charge in [0.1, 0.15) is 6.04 Å². The maximum absolute atomic E-state index is 11.2. The highest BCUT2D eigenvalue weighted by molar-refractivity contribution is 8.01. The predicted octanol–water partition coefficient (Wildman–Crippen LogP) is 2.83. The molecule has 0 aromatic heterocycles. The van der Waals surface area contributed by atoms with E-state index in [1.165, 1.54) is 18.4 Å². The van der Waals surface area contributed by atoms with Gasteiger partial charge in [-0.25, -0.2) is 0 Å². The Morgan fingerprint density at radius 3 is 2.79 bits per heavy atom. The standard InChI is InChI=1S/C15H19NO2S/c17-14(18)13-10-19-15(16-13)9-5-4-8-12(15)11-6-2-1-3-7-11/h1-3,6-7,12-13,16H,4-5,8-10H2,(H,17,18)/t12?,13-,15?/m1/s1. The van der Waals surface area contributed by atoms with E-state index >= 15 is 0 Å². The summed E-state index contributed by atoms with van der Waals surface area (Å²) in [5, 5.41) is 12.6. The van der Waals surface area contributed by atoms with Gasteiger partial charge < -0.3 is 5.11 Å². The highest BCUT2D eigenvalue weighted by atomic mass is 32.2. The zero-order chi connectivity index (χ0) is 13.3. The molecule has 3 nitrogen and oxygen atoms in total. The van der Waals surface area contributed by atoms with Crippen LogP contribution in [0.3, 0.4) is 0 Å². The largest absolute Gasteiger partial charge is 0.480 e. The van der Waals surface area contributed by atoms with E-state index in [4.69, 9.17) is 0 Å². The molecule has 0 bridgehead atoms. The van der Waals surface area contributed by atoms with Crippen molar-refractivity contribution >= 4 is 17.7 Å². The molecule has 3 atom stereocenters. The van der Waals surface area contributed by atoms with Crippen LogP contribution in [0.1, 0.15) is 37.2 Å². The van der Waals surface area contributed by atoms with E-state index in [-0.39, 0.29) is 4.87 Å². The number of carboxylic acid groups (broad SMARTS) is 1. The Morgan fingerprint density at radius 1 is 1.32 bits per heavy atom. The predicted molar refractivity (Wildman–Crippen MR) is 77.4 cm³/mol. The molecule has 1 aromatic carbocycles. The quantitative estimate of drug-likeness (QED) is 0.872. The second kappa shape index (κ2) is 5.17. The van der Waals surface area contributed by atoms with Gasteiger partial charge in [0, 0.05) is 11.7 Å². The first-order valence-electron chi connectivity index (χ1n) is 6.91. The summed E-state index contributed by atoms with van der Waals surface area (Å²) in [6, 6.07) is 10.1. The van der Waals surface area contributed by atoms with E-state index in [0.29, 0.717) is 11.7 Å². The van der Waals surface area contributed by atoms with E-state index in [1.54, 1.807) is 0 Å². The van der Waals surface area contributed by atoms with E-state index in [9.17, 15) is 9.90 Å². The molecule has 2 aliphatic rings. The molecule has 102 valence electrons. The molecule has 3 rings (SSSR count). The van der Waals surface area contributed by atoms with Crippen molar-refractivity contribution in [1.29, 1.82) is 0 Å². The summed E-state index contributed by atoms with van der Waals surface area (Å²) in [6.07, 6.45) is 4.65. The van der Waals surface area contributed by atoms with Crippen LogP contribution in [0, 0.1) is 0 Å². The highest BCUT2D eigenvalue weighted by Gasteiger charge is 2.48. The Bertz CT molecular complexity index is 464. The monoisotopic (exact) mass is 277 g/mol. The number of nitrogens with one attached hydrogen (secondary N) is 1. The Hall–Kier alpha value is -1.00. The Labute approximate surface area is 117 Å². The fraction of sp³-hybridized carbons (Fsp3) is 0.533. The molecule has 1 aromatic rings. The van der Waals surface area contributed by atoms with Gasteiger partial charge in [0.25, 0.3) is 0 Å². The first-order chi connectivity index (χ1) is 9.21. The van der Waals surface area contributed by atoms with Crippen molar-refractivity contribution in [3.8, 4) is 0 Å². The third-order valence-corrected chi connectivity index (χ3v) is 5.90. The molecule has 1 saturated carbocycles. The number of rotatable bonds is 2. The Morgan fingerprint density at radius 2 is 2.11 bits per heavy atom. The number of benzene rings is 1. The summed E-state index contributed by atoms with van der Waals surface area (Å²) in [5.74, 6) is 0.386. The van der Waals surface area contributed by atoms with Gasteiger partial charge in [-0.3, -0.25) is 10.1 Å².